The number of rotatable bonds is 6. The monoisotopic (exact) mass is 225 g/mol. The number of nitrogens with one attached hydrogen (secondary N) is 1. The zero-order chi connectivity index (χ0) is 11.3. The van der Waals surface area contributed by atoms with Crippen LogP contribution >= 0.6 is 11.3 Å². The van der Waals surface area contributed by atoms with Crippen molar-refractivity contribution in [1.82, 2.24) is 5.32 Å². The summed E-state index contributed by atoms with van der Waals surface area (Å²) >= 11 is 1.80. The van der Waals surface area contributed by atoms with E-state index in [-0.39, 0.29) is 0 Å². The van der Waals surface area contributed by atoms with Gasteiger partial charge in [-0.15, -0.1) is 0 Å². The predicted octanol–water partition coefficient (Wildman–Crippen LogP) is 3.56. The van der Waals surface area contributed by atoms with Gasteiger partial charge in [-0.3, -0.25) is 0 Å². The topological polar surface area (TPSA) is 12.0 Å². The van der Waals surface area contributed by atoms with E-state index in [1.807, 2.05) is 0 Å². The van der Waals surface area contributed by atoms with Crippen molar-refractivity contribution in [2.45, 2.75) is 40.2 Å². The highest BCUT2D eigenvalue weighted by atomic mass is 32.1. The second-order valence-corrected chi connectivity index (χ2v) is 5.37. The molecule has 1 N–H and O–H groups in total. The van der Waals surface area contributed by atoms with Crippen molar-refractivity contribution in [3.8, 4) is 0 Å². The van der Waals surface area contributed by atoms with Gasteiger partial charge in [0.15, 0.2) is 0 Å². The minimum atomic E-state index is 0.606. The molecule has 1 rings (SSSR count). The third-order valence-electron chi connectivity index (χ3n) is 3.08. The first-order chi connectivity index (χ1) is 7.15. The Morgan fingerprint density at radius 2 is 2.07 bits per heavy atom. The minimum absolute atomic E-state index is 0.606. The molecular weight excluding hydrogens is 202 g/mol. The average Bonchev–Trinajstić information content (AvgIpc) is 2.66. The molecule has 0 saturated carbocycles. The fourth-order valence-corrected chi connectivity index (χ4v) is 2.83. The maximum absolute atomic E-state index is 3.54. The minimum Gasteiger partial charge on any atom is -0.314 e. The van der Waals surface area contributed by atoms with Crippen LogP contribution in [-0.4, -0.2) is 12.6 Å². The van der Waals surface area contributed by atoms with Crippen molar-refractivity contribution in [2.24, 2.45) is 11.8 Å². The maximum atomic E-state index is 3.54. The van der Waals surface area contributed by atoms with Crippen LogP contribution in [0.1, 0.15) is 33.3 Å². The summed E-state index contributed by atoms with van der Waals surface area (Å²) in [5.41, 5.74) is 1.49. The molecule has 0 radical (unpaired) electrons. The fourth-order valence-electron chi connectivity index (χ4n) is 2.14. The molecule has 0 aliphatic rings. The van der Waals surface area contributed by atoms with E-state index in [0.29, 0.717) is 6.04 Å². The summed E-state index contributed by atoms with van der Waals surface area (Å²) in [6.45, 7) is 10.2. The second-order valence-electron chi connectivity index (χ2n) is 4.59. The molecule has 2 atom stereocenters. The molecule has 0 fully saturated rings. The first-order valence-electron chi connectivity index (χ1n) is 5.89. The Hall–Kier alpha value is -0.340. The summed E-state index contributed by atoms with van der Waals surface area (Å²) in [6, 6.07) is 2.86. The van der Waals surface area contributed by atoms with E-state index in [4.69, 9.17) is 0 Å². The molecule has 1 heterocycles. The molecule has 0 spiro atoms. The Labute approximate surface area is 97.9 Å². The van der Waals surface area contributed by atoms with Crippen LogP contribution in [0, 0.1) is 11.8 Å². The van der Waals surface area contributed by atoms with Gasteiger partial charge >= 0.3 is 0 Å². The summed E-state index contributed by atoms with van der Waals surface area (Å²) in [5, 5.41) is 7.99. The third-order valence-corrected chi connectivity index (χ3v) is 3.81. The maximum Gasteiger partial charge on any atom is 0.00725 e. The molecule has 2 unspecified atom stereocenters. The summed E-state index contributed by atoms with van der Waals surface area (Å²) < 4.78 is 0. The highest BCUT2D eigenvalue weighted by Gasteiger charge is 2.20. The smallest absolute Gasteiger partial charge is 0.00725 e. The first kappa shape index (κ1) is 12.7. The van der Waals surface area contributed by atoms with E-state index < -0.39 is 0 Å². The van der Waals surface area contributed by atoms with Gasteiger partial charge in [-0.1, -0.05) is 20.8 Å². The molecule has 2 heteroatoms. The Balaban J connectivity index is 2.58. The van der Waals surface area contributed by atoms with E-state index >= 15 is 0 Å². The molecule has 0 bridgehead atoms. The lowest BCUT2D eigenvalue weighted by Gasteiger charge is -2.27. The third kappa shape index (κ3) is 3.96. The Bertz CT molecular complexity index is 254. The fraction of sp³-hybridized carbons (Fsp3) is 0.692. The molecular formula is C13H23NS. The second kappa shape index (κ2) is 6.29. The van der Waals surface area contributed by atoms with Gasteiger partial charge in [0, 0.05) is 6.04 Å². The SMILES string of the molecule is CCNC(C)C(Cc1ccsc1)C(C)C. The van der Waals surface area contributed by atoms with Gasteiger partial charge in [-0.2, -0.15) is 11.3 Å². The summed E-state index contributed by atoms with van der Waals surface area (Å²) in [5.74, 6) is 1.47. The van der Waals surface area contributed by atoms with Crippen molar-refractivity contribution in [1.29, 1.82) is 0 Å². The number of hydrogen-bond acceptors (Lipinski definition) is 2. The lowest BCUT2D eigenvalue weighted by Crippen LogP contribution is -2.37. The van der Waals surface area contributed by atoms with Gasteiger partial charge in [-0.25, -0.2) is 0 Å². The number of thiophene rings is 1. The summed E-state index contributed by atoms with van der Waals surface area (Å²) in [7, 11) is 0. The van der Waals surface area contributed by atoms with Crippen LogP contribution in [0.3, 0.4) is 0 Å². The van der Waals surface area contributed by atoms with Crippen LogP contribution in [0.15, 0.2) is 16.8 Å². The molecule has 0 aromatic carbocycles. The van der Waals surface area contributed by atoms with Gasteiger partial charge < -0.3 is 5.32 Å². The van der Waals surface area contributed by atoms with Crippen LogP contribution in [0.4, 0.5) is 0 Å². The van der Waals surface area contributed by atoms with Crippen molar-refractivity contribution >= 4 is 11.3 Å². The quantitative estimate of drug-likeness (QED) is 0.780. The highest BCUT2D eigenvalue weighted by molar-refractivity contribution is 7.07. The van der Waals surface area contributed by atoms with Crippen LogP contribution in [0.2, 0.25) is 0 Å². The van der Waals surface area contributed by atoms with Gasteiger partial charge in [-0.05, 0) is 54.1 Å². The first-order valence-corrected chi connectivity index (χ1v) is 6.83. The molecule has 0 saturated heterocycles. The lowest BCUT2D eigenvalue weighted by atomic mass is 9.84. The molecule has 0 aliphatic carbocycles. The number of hydrogen-bond donors (Lipinski definition) is 1. The molecule has 1 aromatic rings. The van der Waals surface area contributed by atoms with Crippen LogP contribution in [0.5, 0.6) is 0 Å². The van der Waals surface area contributed by atoms with Crippen LogP contribution in [-0.2, 0) is 6.42 Å². The largest absolute Gasteiger partial charge is 0.314 e. The van der Waals surface area contributed by atoms with E-state index in [1.54, 1.807) is 11.3 Å². The Morgan fingerprint density at radius 3 is 2.53 bits per heavy atom. The molecule has 86 valence electrons. The Morgan fingerprint density at radius 1 is 1.33 bits per heavy atom. The van der Waals surface area contributed by atoms with Crippen LogP contribution < -0.4 is 5.32 Å². The zero-order valence-corrected chi connectivity index (χ0v) is 11.1. The van der Waals surface area contributed by atoms with Gasteiger partial charge in [0.1, 0.15) is 0 Å². The summed E-state index contributed by atoms with van der Waals surface area (Å²) in [6.07, 6.45) is 1.20. The van der Waals surface area contributed by atoms with E-state index in [2.05, 4.69) is 49.8 Å². The predicted molar refractivity (Wildman–Crippen MR) is 69.5 cm³/mol. The van der Waals surface area contributed by atoms with Crippen molar-refractivity contribution in [3.63, 3.8) is 0 Å². The molecule has 0 aliphatic heterocycles. The highest BCUT2D eigenvalue weighted by Crippen LogP contribution is 2.22. The normalized spacial score (nSPS) is 15.5. The summed E-state index contributed by atoms with van der Waals surface area (Å²) in [4.78, 5) is 0. The van der Waals surface area contributed by atoms with Crippen molar-refractivity contribution in [2.75, 3.05) is 6.54 Å². The van der Waals surface area contributed by atoms with Gasteiger partial charge in [0.25, 0.3) is 0 Å². The van der Waals surface area contributed by atoms with E-state index in [1.165, 1.54) is 12.0 Å². The Kier molecular flexibility index (Phi) is 5.34. The van der Waals surface area contributed by atoms with Crippen molar-refractivity contribution in [3.05, 3.63) is 22.4 Å². The van der Waals surface area contributed by atoms with Gasteiger partial charge in [0.2, 0.25) is 0 Å². The van der Waals surface area contributed by atoms with Crippen molar-refractivity contribution < 1.29 is 0 Å². The molecule has 15 heavy (non-hydrogen) atoms. The van der Waals surface area contributed by atoms with Crippen LogP contribution in [0.25, 0.3) is 0 Å². The zero-order valence-electron chi connectivity index (χ0n) is 10.3. The molecule has 0 amide bonds. The standard InChI is InChI=1S/C13H23NS/c1-5-14-11(4)13(10(2)3)8-12-6-7-15-9-12/h6-7,9-11,13-14H,5,8H2,1-4H3. The van der Waals surface area contributed by atoms with E-state index in [9.17, 15) is 0 Å². The lowest BCUT2D eigenvalue weighted by molar-refractivity contribution is 0.292. The average molecular weight is 225 g/mol. The molecule has 1 aromatic heterocycles. The van der Waals surface area contributed by atoms with E-state index in [0.717, 1.165) is 18.4 Å². The molecule has 1 nitrogen and oxygen atoms in total. The van der Waals surface area contributed by atoms with Gasteiger partial charge in [0.05, 0.1) is 0 Å².